The van der Waals surface area contributed by atoms with Gasteiger partial charge in [-0.2, -0.15) is 8.61 Å². The predicted octanol–water partition coefficient (Wildman–Crippen LogP) is 2.45. The predicted molar refractivity (Wildman–Crippen MR) is 95.3 cm³/mol. The maximum absolute atomic E-state index is 13.9. The van der Waals surface area contributed by atoms with Crippen molar-refractivity contribution in [3.8, 4) is 0 Å². The second-order valence-corrected chi connectivity index (χ2v) is 10.1. The molecule has 0 atom stereocenters. The molecule has 1 saturated heterocycles. The summed E-state index contributed by atoms with van der Waals surface area (Å²) < 4.78 is 92.7. The summed E-state index contributed by atoms with van der Waals surface area (Å²) in [5.74, 6) is -5.21. The summed E-state index contributed by atoms with van der Waals surface area (Å²) in [4.78, 5) is -1.12. The van der Waals surface area contributed by atoms with Crippen LogP contribution in [0.1, 0.15) is 0 Å². The maximum Gasteiger partial charge on any atom is 0.246 e. The lowest BCUT2D eigenvalue weighted by Gasteiger charge is -2.33. The van der Waals surface area contributed by atoms with E-state index < -0.39 is 42.4 Å². The Morgan fingerprint density at radius 3 is 1.75 bits per heavy atom. The van der Waals surface area contributed by atoms with E-state index in [1.165, 1.54) is 18.2 Å². The largest absolute Gasteiger partial charge is 0.246 e. The number of sulfonamides is 2. The normalized spacial score (nSPS) is 17.0. The molecule has 0 amide bonds. The van der Waals surface area contributed by atoms with Crippen LogP contribution in [0.5, 0.6) is 0 Å². The molecule has 0 N–H and O–H groups in total. The van der Waals surface area contributed by atoms with Gasteiger partial charge in [0.2, 0.25) is 20.0 Å². The van der Waals surface area contributed by atoms with Crippen LogP contribution in [0.25, 0.3) is 0 Å². The molecule has 1 aliphatic rings. The number of nitrogens with zero attached hydrogens (tertiary/aromatic N) is 2. The number of hydrogen-bond donors (Lipinski definition) is 0. The molecule has 0 unspecified atom stereocenters. The molecule has 1 fully saturated rings. The summed E-state index contributed by atoms with van der Waals surface area (Å²) in [5, 5.41) is 0.0291. The van der Waals surface area contributed by atoms with Gasteiger partial charge in [0.25, 0.3) is 0 Å². The highest BCUT2D eigenvalue weighted by atomic mass is 35.5. The first kappa shape index (κ1) is 21.1. The second-order valence-electron chi connectivity index (χ2n) is 5.91. The van der Waals surface area contributed by atoms with E-state index >= 15 is 0 Å². The fraction of sp³-hybridized carbons (Fsp3) is 0.250. The van der Waals surface area contributed by atoms with Crippen molar-refractivity contribution in [2.75, 3.05) is 26.2 Å². The van der Waals surface area contributed by atoms with Crippen molar-refractivity contribution < 1.29 is 30.0 Å². The third kappa shape index (κ3) is 3.64. The van der Waals surface area contributed by atoms with Gasteiger partial charge in [-0.15, -0.1) is 0 Å². The summed E-state index contributed by atoms with van der Waals surface area (Å²) in [6.07, 6.45) is 0. The molecule has 0 spiro atoms. The minimum atomic E-state index is -4.47. The van der Waals surface area contributed by atoms with Gasteiger partial charge in [-0.05, 0) is 24.3 Å². The molecule has 6 nitrogen and oxygen atoms in total. The monoisotopic (exact) mass is 454 g/mol. The van der Waals surface area contributed by atoms with E-state index in [1.807, 2.05) is 0 Å². The summed E-state index contributed by atoms with van der Waals surface area (Å²) in [5.41, 5.74) is 0. The molecule has 28 heavy (non-hydrogen) atoms. The van der Waals surface area contributed by atoms with Gasteiger partial charge in [-0.25, -0.2) is 30.0 Å². The molecule has 0 radical (unpaired) electrons. The van der Waals surface area contributed by atoms with Gasteiger partial charge in [0.1, 0.15) is 9.79 Å². The van der Waals surface area contributed by atoms with Gasteiger partial charge in [0.05, 0.1) is 5.02 Å². The third-order valence-corrected chi connectivity index (χ3v) is 8.58. The van der Waals surface area contributed by atoms with E-state index in [0.717, 1.165) is 8.61 Å². The zero-order valence-corrected chi connectivity index (χ0v) is 16.5. The Hall–Kier alpha value is -1.66. The molecule has 2 aromatic rings. The van der Waals surface area contributed by atoms with Gasteiger partial charge < -0.3 is 0 Å². The third-order valence-electron chi connectivity index (χ3n) is 4.27. The van der Waals surface area contributed by atoms with Gasteiger partial charge in [0.15, 0.2) is 17.5 Å². The van der Waals surface area contributed by atoms with Gasteiger partial charge >= 0.3 is 0 Å². The molecule has 3 rings (SSSR count). The number of halogens is 4. The van der Waals surface area contributed by atoms with Crippen LogP contribution in [0.2, 0.25) is 5.02 Å². The maximum atomic E-state index is 13.9. The SMILES string of the molecule is O=S(=O)(c1ccccc1Cl)N1CCN(S(=O)(=O)c2ccc(F)c(F)c2F)CC1. The van der Waals surface area contributed by atoms with Crippen molar-refractivity contribution in [1.29, 1.82) is 0 Å². The lowest BCUT2D eigenvalue weighted by atomic mass is 10.3. The fourth-order valence-corrected chi connectivity index (χ4v) is 6.18. The Kier molecular flexibility index (Phi) is 5.74. The van der Waals surface area contributed by atoms with Crippen molar-refractivity contribution in [1.82, 2.24) is 8.61 Å². The van der Waals surface area contributed by atoms with Crippen molar-refractivity contribution >= 4 is 31.6 Å². The van der Waals surface area contributed by atoms with E-state index in [0.29, 0.717) is 12.1 Å². The number of piperazine rings is 1. The summed E-state index contributed by atoms with van der Waals surface area (Å²) in [6, 6.07) is 6.98. The molecule has 1 heterocycles. The number of rotatable bonds is 4. The van der Waals surface area contributed by atoms with Crippen molar-refractivity contribution in [3.05, 3.63) is 58.9 Å². The molecular formula is C16H14ClF3N2O4S2. The van der Waals surface area contributed by atoms with E-state index in [1.54, 1.807) is 6.07 Å². The van der Waals surface area contributed by atoms with Crippen molar-refractivity contribution in [2.45, 2.75) is 9.79 Å². The summed E-state index contributed by atoms with van der Waals surface area (Å²) in [7, 11) is -8.42. The first-order chi connectivity index (χ1) is 13.1. The molecule has 2 aromatic carbocycles. The molecule has 12 heteroatoms. The van der Waals surface area contributed by atoms with E-state index in [9.17, 15) is 30.0 Å². The second kappa shape index (κ2) is 7.64. The first-order valence-electron chi connectivity index (χ1n) is 7.95. The lowest BCUT2D eigenvalue weighted by Crippen LogP contribution is -2.50. The zero-order chi connectivity index (χ0) is 20.7. The molecular weight excluding hydrogens is 441 g/mol. The smallest absolute Gasteiger partial charge is 0.207 e. The van der Waals surface area contributed by atoms with Crippen LogP contribution in [0.3, 0.4) is 0 Å². The van der Waals surface area contributed by atoms with Crippen LogP contribution < -0.4 is 0 Å². The van der Waals surface area contributed by atoms with Crippen LogP contribution in [-0.4, -0.2) is 51.6 Å². The van der Waals surface area contributed by atoms with Crippen LogP contribution in [0.4, 0.5) is 13.2 Å². The number of hydrogen-bond acceptors (Lipinski definition) is 4. The molecule has 0 saturated carbocycles. The number of benzene rings is 2. The standard InChI is InChI=1S/C16H14ClF3N2O4S2/c17-11-3-1-2-4-13(11)27(23,24)21-7-9-22(10-8-21)28(25,26)14-6-5-12(18)15(19)16(14)20/h1-6H,7-10H2. The molecule has 0 bridgehead atoms. The summed E-state index contributed by atoms with van der Waals surface area (Å²) in [6.45, 7) is -0.995. The zero-order valence-electron chi connectivity index (χ0n) is 14.1. The fourth-order valence-electron chi connectivity index (χ4n) is 2.79. The van der Waals surface area contributed by atoms with Crippen molar-refractivity contribution in [3.63, 3.8) is 0 Å². The average Bonchev–Trinajstić information content (AvgIpc) is 2.66. The highest BCUT2D eigenvalue weighted by molar-refractivity contribution is 7.89. The van der Waals surface area contributed by atoms with Crippen LogP contribution in [0.15, 0.2) is 46.2 Å². The molecule has 1 aliphatic heterocycles. The minimum Gasteiger partial charge on any atom is -0.207 e. The van der Waals surface area contributed by atoms with Crippen LogP contribution in [-0.2, 0) is 20.0 Å². The van der Waals surface area contributed by atoms with E-state index in [4.69, 9.17) is 11.6 Å². The van der Waals surface area contributed by atoms with Crippen molar-refractivity contribution in [2.24, 2.45) is 0 Å². The van der Waals surface area contributed by atoms with Gasteiger partial charge in [-0.1, -0.05) is 23.7 Å². The Balaban J connectivity index is 1.82. The molecule has 0 aliphatic carbocycles. The highest BCUT2D eigenvalue weighted by Crippen LogP contribution is 2.27. The van der Waals surface area contributed by atoms with E-state index in [2.05, 4.69) is 0 Å². The minimum absolute atomic E-state index is 0.0291. The van der Waals surface area contributed by atoms with Crippen LogP contribution in [0, 0.1) is 17.5 Å². The lowest BCUT2D eigenvalue weighted by molar-refractivity contribution is 0.271. The topological polar surface area (TPSA) is 74.8 Å². The summed E-state index contributed by atoms with van der Waals surface area (Å²) >= 11 is 5.93. The first-order valence-corrected chi connectivity index (χ1v) is 11.2. The molecule has 152 valence electrons. The molecule has 0 aromatic heterocycles. The van der Waals surface area contributed by atoms with E-state index in [-0.39, 0.29) is 36.1 Å². The van der Waals surface area contributed by atoms with Gasteiger partial charge in [0, 0.05) is 26.2 Å². The Morgan fingerprint density at radius 2 is 1.21 bits per heavy atom. The Morgan fingerprint density at radius 1 is 0.714 bits per heavy atom. The Labute approximate surface area is 165 Å². The average molecular weight is 455 g/mol. The van der Waals surface area contributed by atoms with Gasteiger partial charge in [-0.3, -0.25) is 0 Å². The van der Waals surface area contributed by atoms with Crippen LogP contribution >= 0.6 is 11.6 Å². The quantitative estimate of drug-likeness (QED) is 0.665. The highest BCUT2D eigenvalue weighted by Gasteiger charge is 2.36. The Bertz CT molecular complexity index is 1120.